The Bertz CT molecular complexity index is 259. The maximum atomic E-state index is 11.8. The zero-order chi connectivity index (χ0) is 14.6. The molecule has 7 heteroatoms. The second-order valence-electron chi connectivity index (χ2n) is 4.67. The SMILES string of the molecule is COCCOCC(O)CNCCC(=O)N1CCOCC1. The van der Waals surface area contributed by atoms with Crippen molar-refractivity contribution < 1.29 is 24.1 Å². The van der Waals surface area contributed by atoms with Crippen molar-refractivity contribution in [2.24, 2.45) is 0 Å². The Hall–Kier alpha value is -0.730. The standard InChI is InChI=1S/C13H26N2O5/c1-18-8-9-20-11-12(16)10-14-3-2-13(17)15-4-6-19-7-5-15/h12,14,16H,2-11H2,1H3. The van der Waals surface area contributed by atoms with E-state index in [9.17, 15) is 9.90 Å². The normalized spacial score (nSPS) is 17.2. The molecule has 0 aromatic rings. The van der Waals surface area contributed by atoms with E-state index in [0.29, 0.717) is 59.0 Å². The van der Waals surface area contributed by atoms with Crippen molar-refractivity contribution in [2.45, 2.75) is 12.5 Å². The van der Waals surface area contributed by atoms with Gasteiger partial charge in [0.25, 0.3) is 0 Å². The summed E-state index contributed by atoms with van der Waals surface area (Å²) in [5.74, 6) is 0.131. The van der Waals surface area contributed by atoms with Gasteiger partial charge < -0.3 is 29.5 Å². The third-order valence-corrected chi connectivity index (χ3v) is 3.00. The molecule has 118 valence electrons. The number of aliphatic hydroxyl groups is 1. The molecule has 0 radical (unpaired) electrons. The van der Waals surface area contributed by atoms with Gasteiger partial charge in [0.1, 0.15) is 0 Å². The molecule has 1 heterocycles. The Morgan fingerprint density at radius 2 is 2.15 bits per heavy atom. The van der Waals surface area contributed by atoms with Gasteiger partial charge in [-0.15, -0.1) is 0 Å². The van der Waals surface area contributed by atoms with Gasteiger partial charge >= 0.3 is 0 Å². The van der Waals surface area contributed by atoms with E-state index in [1.165, 1.54) is 0 Å². The number of ether oxygens (including phenoxy) is 3. The van der Waals surface area contributed by atoms with Crippen LogP contribution >= 0.6 is 0 Å². The topological polar surface area (TPSA) is 80.3 Å². The van der Waals surface area contributed by atoms with Crippen LogP contribution in [0.4, 0.5) is 0 Å². The maximum Gasteiger partial charge on any atom is 0.224 e. The quantitative estimate of drug-likeness (QED) is 0.495. The number of methoxy groups -OCH3 is 1. The largest absolute Gasteiger partial charge is 0.389 e. The van der Waals surface area contributed by atoms with Crippen LogP contribution in [-0.2, 0) is 19.0 Å². The van der Waals surface area contributed by atoms with Crippen LogP contribution in [0.25, 0.3) is 0 Å². The lowest BCUT2D eigenvalue weighted by molar-refractivity contribution is -0.135. The lowest BCUT2D eigenvalue weighted by atomic mass is 10.3. The molecule has 1 amide bonds. The van der Waals surface area contributed by atoms with Gasteiger partial charge in [0.05, 0.1) is 39.1 Å². The van der Waals surface area contributed by atoms with Crippen molar-refractivity contribution in [2.75, 3.05) is 66.3 Å². The van der Waals surface area contributed by atoms with Crippen LogP contribution in [-0.4, -0.2) is 88.3 Å². The van der Waals surface area contributed by atoms with Gasteiger partial charge in [0, 0.05) is 39.7 Å². The molecule has 0 saturated carbocycles. The molecular formula is C13H26N2O5. The molecule has 0 aliphatic carbocycles. The summed E-state index contributed by atoms with van der Waals surface area (Å²) in [6, 6.07) is 0. The van der Waals surface area contributed by atoms with Crippen molar-refractivity contribution in [3.05, 3.63) is 0 Å². The minimum absolute atomic E-state index is 0.131. The number of aliphatic hydroxyl groups excluding tert-OH is 1. The average Bonchev–Trinajstić information content (AvgIpc) is 2.49. The molecule has 0 aromatic carbocycles. The highest BCUT2D eigenvalue weighted by Gasteiger charge is 2.16. The number of carbonyl (C=O) groups excluding carboxylic acids is 1. The minimum Gasteiger partial charge on any atom is -0.389 e. The number of amides is 1. The second kappa shape index (κ2) is 11.0. The Morgan fingerprint density at radius 3 is 2.85 bits per heavy atom. The number of morpholine rings is 1. The van der Waals surface area contributed by atoms with Crippen molar-refractivity contribution in [1.82, 2.24) is 10.2 Å². The Labute approximate surface area is 120 Å². The summed E-state index contributed by atoms with van der Waals surface area (Å²) in [6.07, 6.45) is -0.123. The van der Waals surface area contributed by atoms with E-state index in [-0.39, 0.29) is 12.5 Å². The number of carbonyl (C=O) groups is 1. The molecule has 1 saturated heterocycles. The summed E-state index contributed by atoms with van der Waals surface area (Å²) in [7, 11) is 1.60. The van der Waals surface area contributed by atoms with Crippen LogP contribution in [0.5, 0.6) is 0 Å². The van der Waals surface area contributed by atoms with Gasteiger partial charge in [0.2, 0.25) is 5.91 Å². The third-order valence-electron chi connectivity index (χ3n) is 3.00. The van der Waals surface area contributed by atoms with Crippen LogP contribution in [0.2, 0.25) is 0 Å². The monoisotopic (exact) mass is 290 g/mol. The lowest BCUT2D eigenvalue weighted by Crippen LogP contribution is -2.42. The van der Waals surface area contributed by atoms with E-state index in [1.807, 2.05) is 4.90 Å². The molecule has 0 aromatic heterocycles. The summed E-state index contributed by atoms with van der Waals surface area (Å²) in [6.45, 7) is 4.84. The summed E-state index contributed by atoms with van der Waals surface area (Å²) in [5, 5.41) is 12.7. The Balaban J connectivity index is 1.96. The number of nitrogens with zero attached hydrogens (tertiary/aromatic N) is 1. The molecule has 1 aliphatic heterocycles. The Morgan fingerprint density at radius 1 is 1.40 bits per heavy atom. The molecule has 7 nitrogen and oxygen atoms in total. The molecule has 0 spiro atoms. The highest BCUT2D eigenvalue weighted by molar-refractivity contribution is 5.76. The van der Waals surface area contributed by atoms with Crippen molar-refractivity contribution in [3.8, 4) is 0 Å². The van der Waals surface area contributed by atoms with E-state index in [2.05, 4.69) is 5.32 Å². The zero-order valence-electron chi connectivity index (χ0n) is 12.2. The summed E-state index contributed by atoms with van der Waals surface area (Å²) < 4.78 is 15.2. The molecule has 20 heavy (non-hydrogen) atoms. The molecule has 1 atom stereocenters. The summed E-state index contributed by atoms with van der Waals surface area (Å²) in [5.41, 5.74) is 0. The van der Waals surface area contributed by atoms with Gasteiger partial charge in [0.15, 0.2) is 0 Å². The second-order valence-corrected chi connectivity index (χ2v) is 4.67. The summed E-state index contributed by atoms with van der Waals surface area (Å²) in [4.78, 5) is 13.6. The molecule has 0 bridgehead atoms. The first-order valence-corrected chi connectivity index (χ1v) is 7.05. The first kappa shape index (κ1) is 17.3. The van der Waals surface area contributed by atoms with E-state index in [1.54, 1.807) is 7.11 Å². The van der Waals surface area contributed by atoms with Gasteiger partial charge in [-0.2, -0.15) is 0 Å². The van der Waals surface area contributed by atoms with Crippen molar-refractivity contribution in [1.29, 1.82) is 0 Å². The molecule has 1 unspecified atom stereocenters. The fourth-order valence-electron chi connectivity index (χ4n) is 1.86. The minimum atomic E-state index is -0.564. The van der Waals surface area contributed by atoms with Crippen LogP contribution in [0.1, 0.15) is 6.42 Å². The van der Waals surface area contributed by atoms with E-state index in [0.717, 1.165) is 0 Å². The fraction of sp³-hybridized carbons (Fsp3) is 0.923. The first-order chi connectivity index (χ1) is 9.74. The highest BCUT2D eigenvalue weighted by atomic mass is 16.5. The van der Waals surface area contributed by atoms with Crippen LogP contribution in [0.3, 0.4) is 0 Å². The maximum absolute atomic E-state index is 11.8. The fourth-order valence-corrected chi connectivity index (χ4v) is 1.86. The molecule has 1 fully saturated rings. The van der Waals surface area contributed by atoms with E-state index >= 15 is 0 Å². The molecular weight excluding hydrogens is 264 g/mol. The predicted molar refractivity (Wildman–Crippen MR) is 73.6 cm³/mol. The van der Waals surface area contributed by atoms with Gasteiger partial charge in [-0.05, 0) is 0 Å². The van der Waals surface area contributed by atoms with E-state index in [4.69, 9.17) is 14.2 Å². The van der Waals surface area contributed by atoms with Crippen molar-refractivity contribution in [3.63, 3.8) is 0 Å². The van der Waals surface area contributed by atoms with Crippen LogP contribution in [0.15, 0.2) is 0 Å². The zero-order valence-corrected chi connectivity index (χ0v) is 12.2. The van der Waals surface area contributed by atoms with Crippen LogP contribution in [0, 0.1) is 0 Å². The van der Waals surface area contributed by atoms with Gasteiger partial charge in [-0.25, -0.2) is 0 Å². The van der Waals surface area contributed by atoms with Gasteiger partial charge in [-0.1, -0.05) is 0 Å². The van der Waals surface area contributed by atoms with Gasteiger partial charge in [-0.3, -0.25) is 4.79 Å². The smallest absolute Gasteiger partial charge is 0.224 e. The number of hydrogen-bond acceptors (Lipinski definition) is 6. The summed E-state index contributed by atoms with van der Waals surface area (Å²) >= 11 is 0. The Kier molecular flexibility index (Phi) is 9.52. The molecule has 2 N–H and O–H groups in total. The third kappa shape index (κ3) is 7.76. The average molecular weight is 290 g/mol. The first-order valence-electron chi connectivity index (χ1n) is 7.05. The van der Waals surface area contributed by atoms with Crippen LogP contribution < -0.4 is 5.32 Å². The van der Waals surface area contributed by atoms with E-state index < -0.39 is 6.10 Å². The highest BCUT2D eigenvalue weighted by Crippen LogP contribution is 1.99. The number of rotatable bonds is 10. The van der Waals surface area contributed by atoms with Crippen molar-refractivity contribution >= 4 is 5.91 Å². The number of hydrogen-bond donors (Lipinski definition) is 2. The predicted octanol–water partition coefficient (Wildman–Crippen LogP) is -1.15. The number of nitrogens with one attached hydrogen (secondary N) is 1. The molecule has 1 aliphatic rings. The lowest BCUT2D eigenvalue weighted by Gasteiger charge is -2.26. The molecule has 1 rings (SSSR count).